The Kier molecular flexibility index (Phi) is 10.2. The third-order valence-electron chi connectivity index (χ3n) is 0.794. The molecule has 0 radical (unpaired) electrons. The van der Waals surface area contributed by atoms with Crippen LogP contribution in [0, 0.1) is 0 Å². The van der Waals surface area contributed by atoms with E-state index < -0.39 is 0 Å². The summed E-state index contributed by atoms with van der Waals surface area (Å²) in [5.41, 5.74) is 5.17. The van der Waals surface area contributed by atoms with Crippen molar-refractivity contribution in [3.05, 3.63) is 0 Å². The van der Waals surface area contributed by atoms with Gasteiger partial charge in [-0.1, -0.05) is 0 Å². The van der Waals surface area contributed by atoms with Gasteiger partial charge in [0.15, 0.2) is 0 Å². The maximum absolute atomic E-state index is 10.7. The highest BCUT2D eigenvalue weighted by Gasteiger charge is 2.02. The summed E-state index contributed by atoms with van der Waals surface area (Å²) in [6.45, 7) is 2.19. The Morgan fingerprint density at radius 3 is 2.58 bits per heavy atom. The predicted molar refractivity (Wildman–Crippen MR) is 45.1 cm³/mol. The number of hydrogen-bond acceptors (Lipinski definition) is 3. The average molecular weight is 213 g/mol. The molecule has 0 unspecified atom stereocenters. The third kappa shape index (κ3) is 9.58. The van der Waals surface area contributed by atoms with Gasteiger partial charge in [0.1, 0.15) is 0 Å². The predicted octanol–water partition coefficient (Wildman–Crippen LogP) is -4.60. The first kappa shape index (κ1) is 14.1. The van der Waals surface area contributed by atoms with Crippen molar-refractivity contribution in [3.8, 4) is 0 Å². The van der Waals surface area contributed by atoms with E-state index in [9.17, 15) is 4.79 Å². The summed E-state index contributed by atoms with van der Waals surface area (Å²) < 4.78 is 4.67. The fraction of sp³-hybridized carbons (Fsp3) is 0.667. The molecule has 0 fully saturated rings. The first-order valence-corrected chi connectivity index (χ1v) is 4.42. The number of halogens is 1. The first-order valence-electron chi connectivity index (χ1n) is 3.27. The zero-order valence-electron chi connectivity index (χ0n) is 6.88. The topological polar surface area (TPSA) is 77.9 Å². The van der Waals surface area contributed by atoms with Crippen LogP contribution in [0.4, 0.5) is 0 Å². The van der Waals surface area contributed by atoms with Crippen molar-refractivity contribution in [2.45, 2.75) is 6.92 Å². The number of nitrogens with two attached hydrogens (primary N) is 2. The van der Waals surface area contributed by atoms with Crippen molar-refractivity contribution in [2.24, 2.45) is 5.73 Å². The highest BCUT2D eigenvalue weighted by Crippen LogP contribution is 1.98. The number of carbonyl (C=O) groups is 1. The summed E-state index contributed by atoms with van der Waals surface area (Å²) >= 11 is 1.35. The number of thioether (sulfide) groups is 1. The fourth-order valence-corrected chi connectivity index (χ4v) is 1.04. The van der Waals surface area contributed by atoms with E-state index in [-0.39, 0.29) is 18.4 Å². The molecule has 0 spiro atoms. The van der Waals surface area contributed by atoms with E-state index in [1.165, 1.54) is 11.8 Å². The summed E-state index contributed by atoms with van der Waals surface area (Å²) in [4.78, 5) is 10.7. The second-order valence-corrected chi connectivity index (χ2v) is 2.86. The largest absolute Gasteiger partial charge is 1.00 e. The number of ether oxygens (including phenoxy) is 1. The van der Waals surface area contributed by atoms with Crippen LogP contribution in [0.15, 0.2) is 0 Å². The maximum Gasteiger partial charge on any atom is 0.315 e. The second kappa shape index (κ2) is 8.67. The molecule has 0 aliphatic rings. The lowest BCUT2D eigenvalue weighted by Crippen LogP contribution is -3.00. The summed E-state index contributed by atoms with van der Waals surface area (Å²) in [6, 6.07) is 0. The zero-order chi connectivity index (χ0) is 8.69. The maximum atomic E-state index is 10.7. The lowest BCUT2D eigenvalue weighted by Gasteiger charge is -1.98. The molecule has 0 heterocycles. The molecule has 4 nitrogen and oxygen atoms in total. The van der Waals surface area contributed by atoms with E-state index in [0.717, 1.165) is 0 Å². The Morgan fingerprint density at radius 2 is 2.17 bits per heavy atom. The van der Waals surface area contributed by atoms with Crippen LogP contribution in [0.5, 0.6) is 0 Å². The molecular formula is C6H13ClN2O2S. The quantitative estimate of drug-likeness (QED) is 0.273. The molecule has 0 bridgehead atoms. The smallest absolute Gasteiger partial charge is 0.315 e. The third-order valence-corrected chi connectivity index (χ3v) is 1.77. The van der Waals surface area contributed by atoms with Crippen molar-refractivity contribution >= 4 is 23.6 Å². The lowest BCUT2D eigenvalue weighted by molar-refractivity contribution is -0.139. The van der Waals surface area contributed by atoms with E-state index in [2.05, 4.69) is 4.74 Å². The molecule has 6 heteroatoms. The van der Waals surface area contributed by atoms with Crippen LogP contribution < -0.4 is 23.5 Å². The highest BCUT2D eigenvalue weighted by molar-refractivity contribution is 8.00. The van der Waals surface area contributed by atoms with Crippen molar-refractivity contribution < 1.29 is 27.3 Å². The molecule has 0 rings (SSSR count). The Balaban J connectivity index is 0. The van der Waals surface area contributed by atoms with Gasteiger partial charge in [-0.2, -0.15) is 0 Å². The lowest BCUT2D eigenvalue weighted by atomic mass is 10.7. The van der Waals surface area contributed by atoms with Crippen LogP contribution in [0.1, 0.15) is 6.92 Å². The van der Waals surface area contributed by atoms with Gasteiger partial charge < -0.3 is 17.1 Å². The molecule has 0 aromatic heterocycles. The van der Waals surface area contributed by atoms with Crippen molar-refractivity contribution in [1.82, 2.24) is 0 Å². The van der Waals surface area contributed by atoms with Crippen LogP contribution in [0.2, 0.25) is 0 Å². The molecule has 72 valence electrons. The van der Waals surface area contributed by atoms with Gasteiger partial charge in [0.05, 0.1) is 18.1 Å². The summed E-state index contributed by atoms with van der Waals surface area (Å²) in [5.74, 6) is 0.919. The molecule has 0 saturated heterocycles. The average Bonchev–Trinajstić information content (AvgIpc) is 1.87. The van der Waals surface area contributed by atoms with E-state index in [4.69, 9.17) is 11.1 Å². The van der Waals surface area contributed by atoms with Crippen LogP contribution in [-0.2, 0) is 9.53 Å². The summed E-state index contributed by atoms with van der Waals surface area (Å²) in [6.07, 6.45) is 0. The second-order valence-electron chi connectivity index (χ2n) is 1.87. The molecule has 12 heavy (non-hydrogen) atoms. The van der Waals surface area contributed by atoms with Gasteiger partial charge in [0.2, 0.25) is 5.84 Å². The van der Waals surface area contributed by atoms with Gasteiger partial charge in [-0.05, 0) is 6.92 Å². The van der Waals surface area contributed by atoms with Gasteiger partial charge >= 0.3 is 5.97 Å². The molecule has 0 aliphatic heterocycles. The molecule has 0 aromatic carbocycles. The Hall–Kier alpha value is -0.420. The van der Waals surface area contributed by atoms with Crippen molar-refractivity contribution in [3.63, 3.8) is 0 Å². The molecule has 0 aromatic rings. The first-order chi connectivity index (χ1) is 5.16. The minimum Gasteiger partial charge on any atom is -1.00 e. The van der Waals surface area contributed by atoms with E-state index in [1.54, 1.807) is 6.92 Å². The number of carbonyl (C=O) groups excluding carboxylic acids is 1. The summed E-state index contributed by atoms with van der Waals surface area (Å²) in [7, 11) is 0. The summed E-state index contributed by atoms with van der Waals surface area (Å²) in [5, 5.41) is 5.17. The minimum atomic E-state index is -0.223. The number of rotatable bonds is 5. The van der Waals surface area contributed by atoms with Gasteiger partial charge in [-0.15, -0.1) is 11.8 Å². The number of esters is 1. The Bertz CT molecular complexity index is 154. The normalized spacial score (nSPS) is 8.42. The fourth-order valence-electron chi connectivity index (χ4n) is 0.455. The number of amidine groups is 1. The Morgan fingerprint density at radius 1 is 1.58 bits per heavy atom. The van der Waals surface area contributed by atoms with Gasteiger partial charge in [0, 0.05) is 0 Å². The van der Waals surface area contributed by atoms with Crippen molar-refractivity contribution in [1.29, 1.82) is 0 Å². The van der Waals surface area contributed by atoms with Crippen LogP contribution in [-0.4, -0.2) is 29.9 Å². The van der Waals surface area contributed by atoms with Crippen molar-refractivity contribution in [2.75, 3.05) is 18.1 Å². The standard InChI is InChI=1S/C6H12N2O2S.ClH/c1-2-10-6(9)4-11-3-5(7)8;/h2-4H2,1H3,(H3,7,8);1H. The van der Waals surface area contributed by atoms with Crippen LogP contribution >= 0.6 is 11.8 Å². The SMILES string of the molecule is CCOC(=O)CSCC(N)=[NH2+].[Cl-]. The van der Waals surface area contributed by atoms with E-state index in [1.807, 2.05) is 0 Å². The van der Waals surface area contributed by atoms with E-state index >= 15 is 0 Å². The zero-order valence-corrected chi connectivity index (χ0v) is 8.45. The molecule has 0 amide bonds. The molecular weight excluding hydrogens is 200 g/mol. The molecule has 0 saturated carbocycles. The molecule has 4 N–H and O–H groups in total. The monoisotopic (exact) mass is 212 g/mol. The number of hydrogen-bond donors (Lipinski definition) is 2. The van der Waals surface area contributed by atoms with E-state index in [0.29, 0.717) is 23.9 Å². The highest BCUT2D eigenvalue weighted by atomic mass is 35.5. The van der Waals surface area contributed by atoms with Gasteiger partial charge in [0.25, 0.3) is 0 Å². The van der Waals surface area contributed by atoms with Gasteiger partial charge in [-0.25, -0.2) is 0 Å². The molecule has 0 aliphatic carbocycles. The Labute approximate surface area is 82.1 Å². The minimum absolute atomic E-state index is 0. The van der Waals surface area contributed by atoms with Crippen LogP contribution in [0.3, 0.4) is 0 Å². The van der Waals surface area contributed by atoms with Gasteiger partial charge in [-0.3, -0.25) is 15.9 Å². The van der Waals surface area contributed by atoms with Crippen LogP contribution in [0.25, 0.3) is 0 Å². The molecule has 0 atom stereocenters.